The van der Waals surface area contributed by atoms with Gasteiger partial charge in [0.05, 0.1) is 10.0 Å². The summed E-state index contributed by atoms with van der Waals surface area (Å²) in [4.78, 5) is 0. The van der Waals surface area contributed by atoms with E-state index in [4.69, 9.17) is 28.4 Å². The summed E-state index contributed by atoms with van der Waals surface area (Å²) in [5.74, 6) is 0. The molecule has 17 heavy (non-hydrogen) atoms. The summed E-state index contributed by atoms with van der Waals surface area (Å²) in [7, 11) is 0. The second-order valence-electron chi connectivity index (χ2n) is 3.42. The standard InChI is InChI=1S/C13H9Cl2NO/c14-11-8-4-7-10(12(11)15)13(16-17)9-5-2-1-3-6-9/h1-8,17H. The summed E-state index contributed by atoms with van der Waals surface area (Å²) in [5.41, 5.74) is 1.78. The van der Waals surface area contributed by atoms with E-state index >= 15 is 0 Å². The Morgan fingerprint density at radius 2 is 1.65 bits per heavy atom. The van der Waals surface area contributed by atoms with Crippen molar-refractivity contribution in [2.45, 2.75) is 0 Å². The number of hydrogen-bond donors (Lipinski definition) is 1. The van der Waals surface area contributed by atoms with Crippen LogP contribution in [-0.2, 0) is 0 Å². The van der Waals surface area contributed by atoms with E-state index in [1.165, 1.54) is 0 Å². The van der Waals surface area contributed by atoms with Crippen LogP contribution in [0.4, 0.5) is 0 Å². The van der Waals surface area contributed by atoms with E-state index < -0.39 is 0 Å². The molecule has 2 nitrogen and oxygen atoms in total. The Morgan fingerprint density at radius 1 is 0.941 bits per heavy atom. The predicted molar refractivity (Wildman–Crippen MR) is 70.3 cm³/mol. The van der Waals surface area contributed by atoms with Gasteiger partial charge < -0.3 is 5.21 Å². The second-order valence-corrected chi connectivity index (χ2v) is 4.20. The average molecular weight is 266 g/mol. The maximum atomic E-state index is 9.13. The summed E-state index contributed by atoms with van der Waals surface area (Å²) in [6.07, 6.45) is 0. The molecule has 2 aromatic carbocycles. The molecule has 0 aromatic heterocycles. The lowest BCUT2D eigenvalue weighted by atomic mass is 10.0. The highest BCUT2D eigenvalue weighted by molar-refractivity contribution is 6.44. The van der Waals surface area contributed by atoms with Gasteiger partial charge in [0.15, 0.2) is 0 Å². The zero-order valence-electron chi connectivity index (χ0n) is 8.77. The van der Waals surface area contributed by atoms with Crippen LogP contribution in [0.2, 0.25) is 10.0 Å². The minimum Gasteiger partial charge on any atom is -0.410 e. The van der Waals surface area contributed by atoms with Crippen LogP contribution in [0.3, 0.4) is 0 Å². The maximum absolute atomic E-state index is 9.13. The normalized spacial score (nSPS) is 11.5. The van der Waals surface area contributed by atoms with E-state index in [2.05, 4.69) is 5.16 Å². The van der Waals surface area contributed by atoms with Crippen molar-refractivity contribution in [1.29, 1.82) is 0 Å². The van der Waals surface area contributed by atoms with E-state index in [9.17, 15) is 0 Å². The molecule has 1 N–H and O–H groups in total. The van der Waals surface area contributed by atoms with Gasteiger partial charge in [-0.3, -0.25) is 0 Å². The molecule has 0 radical (unpaired) electrons. The molecule has 0 aliphatic heterocycles. The minimum atomic E-state index is 0.380. The number of halogens is 2. The number of hydrogen-bond acceptors (Lipinski definition) is 2. The largest absolute Gasteiger partial charge is 0.410 e. The van der Waals surface area contributed by atoms with Crippen LogP contribution < -0.4 is 0 Å². The first-order chi connectivity index (χ1) is 8.24. The molecule has 0 saturated carbocycles. The molecule has 0 aliphatic rings. The molecular weight excluding hydrogens is 257 g/mol. The average Bonchev–Trinajstić information content (AvgIpc) is 2.37. The van der Waals surface area contributed by atoms with E-state index in [0.29, 0.717) is 21.3 Å². The molecule has 0 saturated heterocycles. The first-order valence-corrected chi connectivity index (χ1v) is 5.71. The summed E-state index contributed by atoms with van der Waals surface area (Å²) in [6.45, 7) is 0. The van der Waals surface area contributed by atoms with Crippen LogP contribution >= 0.6 is 23.2 Å². The van der Waals surface area contributed by atoms with Gasteiger partial charge in [-0.05, 0) is 6.07 Å². The Bertz CT molecular complexity index is 553. The van der Waals surface area contributed by atoms with Crippen LogP contribution in [0.1, 0.15) is 11.1 Å². The molecule has 2 rings (SSSR count). The van der Waals surface area contributed by atoms with Gasteiger partial charge in [-0.15, -0.1) is 0 Å². The molecule has 0 heterocycles. The molecule has 0 spiro atoms. The van der Waals surface area contributed by atoms with Crippen molar-refractivity contribution in [1.82, 2.24) is 0 Å². The second kappa shape index (κ2) is 5.21. The minimum absolute atomic E-state index is 0.380. The summed E-state index contributed by atoms with van der Waals surface area (Å²) >= 11 is 12.0. The molecule has 0 fully saturated rings. The van der Waals surface area contributed by atoms with Crippen molar-refractivity contribution in [3.8, 4) is 0 Å². The number of benzene rings is 2. The molecule has 0 bridgehead atoms. The van der Waals surface area contributed by atoms with Gasteiger partial charge in [0.25, 0.3) is 0 Å². The van der Waals surface area contributed by atoms with Gasteiger partial charge in [0, 0.05) is 11.1 Å². The van der Waals surface area contributed by atoms with Crippen molar-refractivity contribution < 1.29 is 5.21 Å². The van der Waals surface area contributed by atoms with Crippen molar-refractivity contribution >= 4 is 28.9 Å². The van der Waals surface area contributed by atoms with Gasteiger partial charge in [0.2, 0.25) is 0 Å². The fraction of sp³-hybridized carbons (Fsp3) is 0. The van der Waals surface area contributed by atoms with Gasteiger partial charge in [-0.1, -0.05) is 70.8 Å². The summed E-state index contributed by atoms with van der Waals surface area (Å²) < 4.78 is 0. The zero-order valence-corrected chi connectivity index (χ0v) is 10.3. The topological polar surface area (TPSA) is 32.6 Å². The number of nitrogens with zero attached hydrogens (tertiary/aromatic N) is 1. The smallest absolute Gasteiger partial charge is 0.118 e. The first kappa shape index (κ1) is 12.0. The van der Waals surface area contributed by atoms with Crippen molar-refractivity contribution in [3.63, 3.8) is 0 Å². The van der Waals surface area contributed by atoms with Crippen molar-refractivity contribution in [2.75, 3.05) is 0 Å². The van der Waals surface area contributed by atoms with Gasteiger partial charge in [0.1, 0.15) is 5.71 Å². The molecule has 2 aromatic rings. The van der Waals surface area contributed by atoms with Crippen LogP contribution in [0.25, 0.3) is 0 Å². The maximum Gasteiger partial charge on any atom is 0.118 e. The van der Waals surface area contributed by atoms with Crippen molar-refractivity contribution in [2.24, 2.45) is 5.16 Å². The van der Waals surface area contributed by atoms with Crippen LogP contribution in [0.15, 0.2) is 53.7 Å². The van der Waals surface area contributed by atoms with E-state index in [-0.39, 0.29) is 0 Å². The summed E-state index contributed by atoms with van der Waals surface area (Å²) in [5, 5.41) is 13.3. The molecule has 0 aliphatic carbocycles. The first-order valence-electron chi connectivity index (χ1n) is 4.96. The highest BCUT2D eigenvalue weighted by atomic mass is 35.5. The van der Waals surface area contributed by atoms with Gasteiger partial charge in [-0.2, -0.15) is 0 Å². The third-order valence-corrected chi connectivity index (χ3v) is 3.17. The SMILES string of the molecule is ON=C(c1ccccc1)c1cccc(Cl)c1Cl. The molecule has 0 atom stereocenters. The monoisotopic (exact) mass is 265 g/mol. The lowest BCUT2D eigenvalue weighted by Gasteiger charge is -2.07. The summed E-state index contributed by atoms with van der Waals surface area (Å²) in [6, 6.07) is 14.5. The fourth-order valence-electron chi connectivity index (χ4n) is 1.55. The lowest BCUT2D eigenvalue weighted by molar-refractivity contribution is 0.319. The van der Waals surface area contributed by atoms with E-state index in [1.54, 1.807) is 18.2 Å². The van der Waals surface area contributed by atoms with Crippen LogP contribution in [-0.4, -0.2) is 10.9 Å². The Kier molecular flexibility index (Phi) is 3.67. The van der Waals surface area contributed by atoms with Crippen molar-refractivity contribution in [3.05, 3.63) is 69.7 Å². The quantitative estimate of drug-likeness (QED) is 0.492. The molecular formula is C13H9Cl2NO. The zero-order chi connectivity index (χ0) is 12.3. The fourth-order valence-corrected chi connectivity index (χ4v) is 1.94. The Morgan fingerprint density at radius 3 is 2.29 bits per heavy atom. The predicted octanol–water partition coefficient (Wildman–Crippen LogP) is 4.22. The van der Waals surface area contributed by atoms with Gasteiger partial charge in [-0.25, -0.2) is 0 Å². The number of oxime groups is 1. The molecule has 4 heteroatoms. The highest BCUT2D eigenvalue weighted by Gasteiger charge is 2.13. The third kappa shape index (κ3) is 2.43. The number of rotatable bonds is 2. The third-order valence-electron chi connectivity index (χ3n) is 2.35. The Balaban J connectivity index is 2.55. The van der Waals surface area contributed by atoms with Gasteiger partial charge >= 0.3 is 0 Å². The molecule has 0 amide bonds. The van der Waals surface area contributed by atoms with E-state index in [1.807, 2.05) is 30.3 Å². The van der Waals surface area contributed by atoms with E-state index in [0.717, 1.165) is 5.56 Å². The molecule has 86 valence electrons. The highest BCUT2D eigenvalue weighted by Crippen LogP contribution is 2.27. The van der Waals surface area contributed by atoms with Crippen LogP contribution in [0, 0.1) is 0 Å². The lowest BCUT2D eigenvalue weighted by Crippen LogP contribution is -2.04. The Hall–Kier alpha value is -1.51. The Labute approximate surface area is 109 Å². The van der Waals surface area contributed by atoms with Crippen LogP contribution in [0.5, 0.6) is 0 Å². The molecule has 0 unspecified atom stereocenters.